The minimum absolute atomic E-state index is 0. The molecule has 5 heteroatoms. The number of rotatable bonds is 19. The van der Waals surface area contributed by atoms with E-state index in [-0.39, 0.29) is 34.5 Å². The zero-order valence-corrected chi connectivity index (χ0v) is 26.5. The summed E-state index contributed by atoms with van der Waals surface area (Å²) in [5, 5.41) is 1.63. The standard InChI is InChI=1S/C31H50O3S.Na/c1-4-7-10-13-16-21-26-27(22-17-14-11-8-5-2)29(24-18-15-12-9-6-3)31(35(32,33)34)30-25-20-19-23-28(26)30;/h19-20,23,25H,4-18,21-22,24H2,1-3H3,(H,32,33,34);/q;+1/p-1. The molecule has 0 atom stereocenters. The van der Waals surface area contributed by atoms with Crippen LogP contribution in [0.4, 0.5) is 0 Å². The fourth-order valence-corrected chi connectivity index (χ4v) is 6.42. The van der Waals surface area contributed by atoms with Gasteiger partial charge >= 0.3 is 29.6 Å². The van der Waals surface area contributed by atoms with E-state index in [4.69, 9.17) is 0 Å². The van der Waals surface area contributed by atoms with Crippen molar-refractivity contribution in [1.29, 1.82) is 0 Å². The molecule has 0 saturated carbocycles. The van der Waals surface area contributed by atoms with Gasteiger partial charge in [-0.3, -0.25) is 0 Å². The second-order valence-electron chi connectivity index (χ2n) is 10.3. The third-order valence-electron chi connectivity index (χ3n) is 7.34. The van der Waals surface area contributed by atoms with Gasteiger partial charge in [0.25, 0.3) is 0 Å². The number of hydrogen-bond donors (Lipinski definition) is 0. The van der Waals surface area contributed by atoms with Crippen molar-refractivity contribution in [3.05, 3.63) is 41.0 Å². The molecule has 2 aromatic carbocycles. The van der Waals surface area contributed by atoms with Crippen molar-refractivity contribution < 1.29 is 42.5 Å². The zero-order valence-electron chi connectivity index (χ0n) is 23.7. The number of unbranched alkanes of at least 4 members (excludes halogenated alkanes) is 12. The van der Waals surface area contributed by atoms with E-state index >= 15 is 0 Å². The first-order chi connectivity index (χ1) is 17.0. The van der Waals surface area contributed by atoms with Crippen LogP contribution in [0.25, 0.3) is 10.8 Å². The average molecular weight is 525 g/mol. The number of aryl methyl sites for hydroxylation is 1. The minimum Gasteiger partial charge on any atom is -0.744 e. The molecule has 2 aromatic rings. The summed E-state index contributed by atoms with van der Waals surface area (Å²) in [4.78, 5) is 0.0712. The molecule has 0 saturated heterocycles. The van der Waals surface area contributed by atoms with Crippen molar-refractivity contribution in [1.82, 2.24) is 0 Å². The Labute approximate surface area is 244 Å². The second-order valence-corrected chi connectivity index (χ2v) is 11.6. The molecule has 36 heavy (non-hydrogen) atoms. The molecule has 0 fully saturated rings. The van der Waals surface area contributed by atoms with Crippen molar-refractivity contribution in [2.75, 3.05) is 0 Å². The van der Waals surface area contributed by atoms with E-state index in [1.54, 1.807) is 0 Å². The maximum absolute atomic E-state index is 12.7. The first-order valence-electron chi connectivity index (χ1n) is 14.5. The van der Waals surface area contributed by atoms with Crippen molar-refractivity contribution in [2.24, 2.45) is 0 Å². The van der Waals surface area contributed by atoms with Crippen LogP contribution in [0, 0.1) is 0 Å². The SMILES string of the molecule is CCCCCCCc1c(CCCCCCC)c(S(=O)(=O)[O-])c2ccccc2c1CCCCCCC.[Na+]. The van der Waals surface area contributed by atoms with Crippen molar-refractivity contribution in [2.45, 2.75) is 141 Å². The van der Waals surface area contributed by atoms with Crippen LogP contribution in [0.5, 0.6) is 0 Å². The van der Waals surface area contributed by atoms with Crippen LogP contribution in [0.1, 0.15) is 134 Å². The molecule has 0 aliphatic heterocycles. The summed E-state index contributed by atoms with van der Waals surface area (Å²) >= 11 is 0. The Morgan fingerprint density at radius 2 is 0.944 bits per heavy atom. The predicted molar refractivity (Wildman–Crippen MR) is 149 cm³/mol. The van der Waals surface area contributed by atoms with Crippen LogP contribution in [0.15, 0.2) is 29.2 Å². The van der Waals surface area contributed by atoms with Gasteiger partial charge in [-0.2, -0.15) is 0 Å². The quantitative estimate of drug-likeness (QED) is 0.123. The topological polar surface area (TPSA) is 57.2 Å². The third kappa shape index (κ3) is 10.8. The molecule has 0 spiro atoms. The monoisotopic (exact) mass is 524 g/mol. The molecule has 0 N–H and O–H groups in total. The van der Waals surface area contributed by atoms with E-state index in [2.05, 4.69) is 20.8 Å². The number of benzene rings is 2. The molecule has 0 unspecified atom stereocenters. The molecule has 2 rings (SSSR count). The molecule has 0 amide bonds. The first-order valence-corrected chi connectivity index (χ1v) is 15.9. The maximum Gasteiger partial charge on any atom is 1.00 e. The van der Waals surface area contributed by atoms with Gasteiger partial charge < -0.3 is 4.55 Å². The van der Waals surface area contributed by atoms with E-state index in [9.17, 15) is 13.0 Å². The van der Waals surface area contributed by atoms with Crippen molar-refractivity contribution in [3.8, 4) is 0 Å². The maximum atomic E-state index is 12.7. The Kier molecular flexibility index (Phi) is 17.6. The molecular formula is C31H49NaO3S. The summed E-state index contributed by atoms with van der Waals surface area (Å²) in [7, 11) is -4.57. The summed E-state index contributed by atoms with van der Waals surface area (Å²) in [6.45, 7) is 6.66. The fourth-order valence-electron chi connectivity index (χ4n) is 5.44. The summed E-state index contributed by atoms with van der Waals surface area (Å²) < 4.78 is 38.0. The molecule has 0 aromatic heterocycles. The molecule has 0 aliphatic carbocycles. The van der Waals surface area contributed by atoms with Gasteiger partial charge in [0, 0.05) is 0 Å². The Bertz CT molecular complexity index is 985. The predicted octanol–water partition coefficient (Wildman–Crippen LogP) is 6.29. The van der Waals surface area contributed by atoms with Crippen LogP contribution < -0.4 is 29.6 Å². The van der Waals surface area contributed by atoms with Crippen LogP contribution in [-0.4, -0.2) is 13.0 Å². The van der Waals surface area contributed by atoms with Crippen LogP contribution >= 0.6 is 0 Å². The molecule has 0 aliphatic rings. The molecule has 0 radical (unpaired) electrons. The van der Waals surface area contributed by atoms with Gasteiger partial charge in [-0.15, -0.1) is 0 Å². The van der Waals surface area contributed by atoms with Gasteiger partial charge in [-0.05, 0) is 66.0 Å². The first kappa shape index (κ1) is 33.6. The van der Waals surface area contributed by atoms with Crippen LogP contribution in [0.3, 0.4) is 0 Å². The van der Waals surface area contributed by atoms with E-state index < -0.39 is 10.1 Å². The Morgan fingerprint density at radius 1 is 0.556 bits per heavy atom. The van der Waals surface area contributed by atoms with Gasteiger partial charge in [0.15, 0.2) is 0 Å². The largest absolute Gasteiger partial charge is 1.00 e. The van der Waals surface area contributed by atoms with Gasteiger partial charge in [0.1, 0.15) is 10.1 Å². The Balaban J connectivity index is 0.00000648. The Morgan fingerprint density at radius 3 is 1.39 bits per heavy atom. The number of fused-ring (bicyclic) bond motifs is 1. The van der Waals surface area contributed by atoms with E-state index in [0.29, 0.717) is 11.8 Å². The summed E-state index contributed by atoms with van der Waals surface area (Å²) in [6.07, 6.45) is 20.1. The van der Waals surface area contributed by atoms with E-state index in [1.165, 1.54) is 75.3 Å². The van der Waals surface area contributed by atoms with E-state index in [1.807, 2.05) is 24.3 Å². The summed E-state index contributed by atoms with van der Waals surface area (Å²) in [6, 6.07) is 7.75. The fraction of sp³-hybridized carbons (Fsp3) is 0.677. The molecule has 0 bridgehead atoms. The smallest absolute Gasteiger partial charge is 0.744 e. The van der Waals surface area contributed by atoms with Gasteiger partial charge in [0.2, 0.25) is 0 Å². The molecule has 0 heterocycles. The summed E-state index contributed by atoms with van der Waals surface area (Å²) in [5.74, 6) is 0. The normalized spacial score (nSPS) is 11.7. The summed E-state index contributed by atoms with van der Waals surface area (Å²) in [5.41, 5.74) is 3.33. The second kappa shape index (κ2) is 18.8. The number of hydrogen-bond acceptors (Lipinski definition) is 3. The van der Waals surface area contributed by atoms with Gasteiger partial charge in [0.05, 0.1) is 4.90 Å². The Hall–Kier alpha value is -0.390. The van der Waals surface area contributed by atoms with Crippen LogP contribution in [0.2, 0.25) is 0 Å². The van der Waals surface area contributed by atoms with Gasteiger partial charge in [-0.25, -0.2) is 8.42 Å². The van der Waals surface area contributed by atoms with E-state index in [0.717, 1.165) is 55.9 Å². The van der Waals surface area contributed by atoms with Crippen molar-refractivity contribution >= 4 is 20.9 Å². The average Bonchev–Trinajstić information content (AvgIpc) is 2.83. The van der Waals surface area contributed by atoms with Crippen LogP contribution in [-0.2, 0) is 29.4 Å². The molecular weight excluding hydrogens is 475 g/mol. The molecule has 198 valence electrons. The minimum atomic E-state index is -4.57. The molecule has 3 nitrogen and oxygen atoms in total. The van der Waals surface area contributed by atoms with Gasteiger partial charge in [-0.1, -0.05) is 122 Å². The third-order valence-corrected chi connectivity index (χ3v) is 8.31. The van der Waals surface area contributed by atoms with Crippen molar-refractivity contribution in [3.63, 3.8) is 0 Å². The zero-order chi connectivity index (χ0) is 25.5.